The maximum absolute atomic E-state index is 12.8. The van der Waals surface area contributed by atoms with Crippen molar-refractivity contribution in [3.05, 3.63) is 35.7 Å². The molecule has 0 spiro atoms. The molecule has 7 nitrogen and oxygen atoms in total. The Morgan fingerprint density at radius 2 is 2.17 bits per heavy atom. The topological polar surface area (TPSA) is 80.3 Å². The van der Waals surface area contributed by atoms with Crippen LogP contribution in [-0.4, -0.2) is 27.2 Å². The minimum Gasteiger partial charge on any atom is -0.359 e. The Kier molecular flexibility index (Phi) is 6.28. The maximum atomic E-state index is 12.8. The number of aliphatic imine (C=N–C) groups is 1. The lowest BCUT2D eigenvalue weighted by molar-refractivity contribution is 0.0671. The molecule has 24 heavy (non-hydrogen) atoms. The standard InChI is InChI=1S/C15H22F2N6O/c1-4-18-15(20-8-11-7-12(10(2)3)22-24-11)21-9-13-19-5-6-23(13)14(16)17/h5-7,10,14H,4,8-9H2,1-3H3,(H2,18,20,21). The third kappa shape index (κ3) is 4.77. The van der Waals surface area contributed by atoms with Crippen molar-refractivity contribution in [3.8, 4) is 0 Å². The monoisotopic (exact) mass is 340 g/mol. The highest BCUT2D eigenvalue weighted by Crippen LogP contribution is 2.14. The average Bonchev–Trinajstić information content (AvgIpc) is 3.19. The number of hydrogen-bond donors (Lipinski definition) is 2. The highest BCUT2D eigenvalue weighted by Gasteiger charge is 2.11. The third-order valence-electron chi connectivity index (χ3n) is 3.28. The number of halogens is 2. The molecule has 0 aliphatic rings. The van der Waals surface area contributed by atoms with Crippen molar-refractivity contribution < 1.29 is 13.3 Å². The second-order valence-corrected chi connectivity index (χ2v) is 5.45. The number of aromatic nitrogens is 3. The van der Waals surface area contributed by atoms with Crippen molar-refractivity contribution in [3.63, 3.8) is 0 Å². The second-order valence-electron chi connectivity index (χ2n) is 5.45. The van der Waals surface area contributed by atoms with Gasteiger partial charge in [0.2, 0.25) is 0 Å². The molecule has 2 N–H and O–H groups in total. The van der Waals surface area contributed by atoms with E-state index in [1.807, 2.05) is 26.8 Å². The first-order valence-corrected chi connectivity index (χ1v) is 7.78. The number of alkyl halides is 2. The van der Waals surface area contributed by atoms with Gasteiger partial charge in [0, 0.05) is 25.0 Å². The molecule has 2 aromatic rings. The van der Waals surface area contributed by atoms with Crippen LogP contribution < -0.4 is 10.6 Å². The summed E-state index contributed by atoms with van der Waals surface area (Å²) in [5.74, 6) is 1.66. The van der Waals surface area contributed by atoms with Gasteiger partial charge in [0.1, 0.15) is 12.4 Å². The van der Waals surface area contributed by atoms with Gasteiger partial charge >= 0.3 is 6.55 Å². The summed E-state index contributed by atoms with van der Waals surface area (Å²) in [4.78, 5) is 8.17. The molecule has 0 aromatic carbocycles. The van der Waals surface area contributed by atoms with E-state index < -0.39 is 6.55 Å². The normalized spacial score (nSPS) is 12.2. The van der Waals surface area contributed by atoms with Crippen molar-refractivity contribution in [2.24, 2.45) is 4.99 Å². The van der Waals surface area contributed by atoms with E-state index in [2.05, 4.69) is 25.8 Å². The molecule has 2 heterocycles. The van der Waals surface area contributed by atoms with Gasteiger partial charge in [-0.1, -0.05) is 19.0 Å². The van der Waals surface area contributed by atoms with Gasteiger partial charge in [-0.2, -0.15) is 8.78 Å². The van der Waals surface area contributed by atoms with Crippen molar-refractivity contribution in [1.82, 2.24) is 25.3 Å². The summed E-state index contributed by atoms with van der Waals surface area (Å²) in [7, 11) is 0. The van der Waals surface area contributed by atoms with E-state index in [0.29, 0.717) is 24.8 Å². The predicted molar refractivity (Wildman–Crippen MR) is 85.7 cm³/mol. The lowest BCUT2D eigenvalue weighted by Crippen LogP contribution is -2.36. The number of rotatable bonds is 7. The number of nitrogens with zero attached hydrogens (tertiary/aromatic N) is 4. The van der Waals surface area contributed by atoms with Gasteiger partial charge in [0.05, 0.1) is 12.2 Å². The Bertz CT molecular complexity index is 664. The van der Waals surface area contributed by atoms with E-state index in [-0.39, 0.29) is 18.3 Å². The molecule has 0 amide bonds. The van der Waals surface area contributed by atoms with Gasteiger partial charge in [-0.3, -0.25) is 4.57 Å². The first-order valence-electron chi connectivity index (χ1n) is 7.78. The van der Waals surface area contributed by atoms with Gasteiger partial charge in [-0.15, -0.1) is 0 Å². The van der Waals surface area contributed by atoms with Crippen LogP contribution in [0.2, 0.25) is 0 Å². The molecule has 0 radical (unpaired) electrons. The molecule has 0 bridgehead atoms. The largest absolute Gasteiger partial charge is 0.359 e. The molecular formula is C15H22F2N6O. The summed E-state index contributed by atoms with van der Waals surface area (Å²) in [5, 5.41) is 10.1. The lowest BCUT2D eigenvalue weighted by atomic mass is 10.1. The SMILES string of the molecule is CCNC(=NCc1nccn1C(F)F)NCc1cc(C(C)C)no1. The molecule has 0 atom stereocenters. The third-order valence-corrected chi connectivity index (χ3v) is 3.28. The van der Waals surface area contributed by atoms with E-state index >= 15 is 0 Å². The Hall–Kier alpha value is -2.45. The molecule has 2 rings (SSSR count). The van der Waals surface area contributed by atoms with Gasteiger partial charge < -0.3 is 15.2 Å². The van der Waals surface area contributed by atoms with Crippen molar-refractivity contribution in [2.45, 2.75) is 46.3 Å². The van der Waals surface area contributed by atoms with Crippen LogP contribution in [0.4, 0.5) is 8.78 Å². The number of hydrogen-bond acceptors (Lipinski definition) is 4. The minimum absolute atomic E-state index is 0.0420. The summed E-state index contributed by atoms with van der Waals surface area (Å²) in [6.45, 7) is 4.44. The molecule has 9 heteroatoms. The predicted octanol–water partition coefficient (Wildman–Crippen LogP) is 2.64. The summed E-state index contributed by atoms with van der Waals surface area (Å²) in [6.07, 6.45) is 2.57. The van der Waals surface area contributed by atoms with E-state index in [4.69, 9.17) is 4.52 Å². The summed E-state index contributed by atoms with van der Waals surface area (Å²) < 4.78 is 31.6. The smallest absolute Gasteiger partial charge is 0.319 e. The van der Waals surface area contributed by atoms with Gasteiger partial charge in [-0.05, 0) is 12.8 Å². The molecule has 2 aromatic heterocycles. The number of nitrogens with one attached hydrogen (secondary N) is 2. The molecule has 0 aliphatic carbocycles. The van der Waals surface area contributed by atoms with Crippen LogP contribution in [0.15, 0.2) is 28.0 Å². The van der Waals surface area contributed by atoms with Gasteiger partial charge in [0.15, 0.2) is 11.7 Å². The summed E-state index contributed by atoms with van der Waals surface area (Å²) in [6, 6.07) is 1.88. The Morgan fingerprint density at radius 1 is 1.38 bits per heavy atom. The van der Waals surface area contributed by atoms with Crippen LogP contribution in [0.5, 0.6) is 0 Å². The first-order chi connectivity index (χ1) is 11.5. The molecular weight excluding hydrogens is 318 g/mol. The van der Waals surface area contributed by atoms with Crippen LogP contribution in [0, 0.1) is 0 Å². The molecule has 0 unspecified atom stereocenters. The summed E-state index contributed by atoms with van der Waals surface area (Å²) >= 11 is 0. The lowest BCUT2D eigenvalue weighted by Gasteiger charge is -2.10. The first kappa shape index (κ1) is 17.9. The van der Waals surface area contributed by atoms with E-state index in [1.165, 1.54) is 12.4 Å². The zero-order valence-electron chi connectivity index (χ0n) is 14.0. The Morgan fingerprint density at radius 3 is 2.79 bits per heavy atom. The maximum Gasteiger partial charge on any atom is 0.319 e. The molecule has 0 fully saturated rings. The van der Waals surface area contributed by atoms with Crippen molar-refractivity contribution in [2.75, 3.05) is 6.54 Å². The molecule has 0 saturated heterocycles. The number of imidazole rings is 1. The summed E-state index contributed by atoms with van der Waals surface area (Å²) in [5.41, 5.74) is 0.882. The van der Waals surface area contributed by atoms with Crippen LogP contribution in [-0.2, 0) is 13.1 Å². The van der Waals surface area contributed by atoms with Crippen molar-refractivity contribution in [1.29, 1.82) is 0 Å². The zero-order valence-corrected chi connectivity index (χ0v) is 14.0. The van der Waals surface area contributed by atoms with E-state index in [0.717, 1.165) is 10.3 Å². The molecule has 132 valence electrons. The highest BCUT2D eigenvalue weighted by molar-refractivity contribution is 5.79. The van der Waals surface area contributed by atoms with Crippen LogP contribution in [0.25, 0.3) is 0 Å². The van der Waals surface area contributed by atoms with E-state index in [1.54, 1.807) is 0 Å². The minimum atomic E-state index is -2.63. The zero-order chi connectivity index (χ0) is 17.5. The molecule has 0 aliphatic heterocycles. The fraction of sp³-hybridized carbons (Fsp3) is 0.533. The Balaban J connectivity index is 1.98. The van der Waals surface area contributed by atoms with Crippen LogP contribution in [0.1, 0.15) is 50.5 Å². The van der Waals surface area contributed by atoms with Gasteiger partial charge in [-0.25, -0.2) is 9.98 Å². The van der Waals surface area contributed by atoms with Crippen molar-refractivity contribution >= 4 is 5.96 Å². The van der Waals surface area contributed by atoms with Gasteiger partial charge in [0.25, 0.3) is 0 Å². The van der Waals surface area contributed by atoms with E-state index in [9.17, 15) is 8.78 Å². The highest BCUT2D eigenvalue weighted by atomic mass is 19.3. The average molecular weight is 340 g/mol. The number of guanidine groups is 1. The second kappa shape index (κ2) is 8.42. The quantitative estimate of drug-likeness (QED) is 0.598. The fourth-order valence-electron chi connectivity index (χ4n) is 1.99. The fourth-order valence-corrected chi connectivity index (χ4v) is 1.99. The Labute approximate surface area is 139 Å². The van der Waals surface area contributed by atoms with Crippen LogP contribution >= 0.6 is 0 Å². The molecule has 0 saturated carbocycles. The van der Waals surface area contributed by atoms with Crippen LogP contribution in [0.3, 0.4) is 0 Å².